The summed E-state index contributed by atoms with van der Waals surface area (Å²) < 4.78 is 20.8. The molecule has 0 atom stereocenters. The van der Waals surface area contributed by atoms with Crippen LogP contribution < -0.4 is 4.74 Å². The van der Waals surface area contributed by atoms with Crippen LogP contribution in [-0.2, 0) is 25.7 Å². The molecule has 0 aliphatic carbocycles. The van der Waals surface area contributed by atoms with Crippen molar-refractivity contribution in [1.29, 1.82) is 0 Å². The zero-order chi connectivity index (χ0) is 22.3. The molecule has 0 fully saturated rings. The molecule has 0 heterocycles. The number of hydrogen-bond donors (Lipinski definition) is 0. The molecule has 0 amide bonds. The van der Waals surface area contributed by atoms with Gasteiger partial charge in [0.25, 0.3) is 0 Å². The van der Waals surface area contributed by atoms with E-state index in [1.165, 1.54) is 11.1 Å². The largest absolute Gasteiger partial charge is 0.494 e. The minimum Gasteiger partial charge on any atom is -0.494 e. The molecule has 0 unspecified atom stereocenters. The lowest BCUT2D eigenvalue weighted by molar-refractivity contribution is 0.317. The van der Waals surface area contributed by atoms with Crippen LogP contribution in [0.1, 0.15) is 35.6 Å². The molecule has 4 aromatic carbocycles. The van der Waals surface area contributed by atoms with Gasteiger partial charge < -0.3 is 4.74 Å². The molecule has 0 spiro atoms. The molecule has 164 valence electrons. The minimum absolute atomic E-state index is 0.106. The molecule has 32 heavy (non-hydrogen) atoms. The van der Waals surface area contributed by atoms with Crippen molar-refractivity contribution >= 4 is 22.4 Å². The van der Waals surface area contributed by atoms with Gasteiger partial charge in [-0.25, -0.2) is 4.39 Å². The number of fused-ring (bicyclic) bond motifs is 1. The number of aryl methyl sites for hydroxylation is 4. The fourth-order valence-electron chi connectivity index (χ4n) is 3.93. The van der Waals surface area contributed by atoms with E-state index in [4.69, 9.17) is 16.3 Å². The molecule has 0 radical (unpaired) electrons. The summed E-state index contributed by atoms with van der Waals surface area (Å²) in [5.74, 6) is 0.814. The summed E-state index contributed by atoms with van der Waals surface area (Å²) in [6, 6.07) is 26.1. The molecule has 4 rings (SSSR count). The van der Waals surface area contributed by atoms with Crippen LogP contribution in [0.15, 0.2) is 78.9 Å². The van der Waals surface area contributed by atoms with E-state index in [9.17, 15) is 0 Å². The van der Waals surface area contributed by atoms with Crippen LogP contribution in [0.25, 0.3) is 10.8 Å². The second kappa shape index (κ2) is 10.7. The molecule has 0 N–H and O–H groups in total. The van der Waals surface area contributed by atoms with E-state index in [0.29, 0.717) is 11.8 Å². The van der Waals surface area contributed by atoms with Crippen LogP contribution in [0.5, 0.6) is 5.75 Å². The van der Waals surface area contributed by atoms with E-state index >= 15 is 4.39 Å². The third kappa shape index (κ3) is 5.69. The molecular weight excluding hydrogens is 419 g/mol. The van der Waals surface area contributed by atoms with Crippen molar-refractivity contribution < 1.29 is 9.13 Å². The molecule has 4 aromatic rings. The first kappa shape index (κ1) is 22.4. The average Bonchev–Trinajstić information content (AvgIpc) is 2.82. The highest BCUT2D eigenvalue weighted by atomic mass is 35.5. The minimum atomic E-state index is -0.106. The summed E-state index contributed by atoms with van der Waals surface area (Å²) in [4.78, 5) is 0. The highest BCUT2D eigenvalue weighted by Crippen LogP contribution is 2.25. The van der Waals surface area contributed by atoms with Crippen molar-refractivity contribution in [2.24, 2.45) is 0 Å². The highest BCUT2D eigenvalue weighted by Gasteiger charge is 2.09. The summed E-state index contributed by atoms with van der Waals surface area (Å²) in [6.07, 6.45) is 4.34. The van der Waals surface area contributed by atoms with Crippen LogP contribution in [0.3, 0.4) is 0 Å². The SMILES string of the molecule is CCCOc1ccc(CCc2ccc3c(F)c(CCc4ccc(Cl)cc4)ccc3c2)cc1. The lowest BCUT2D eigenvalue weighted by Crippen LogP contribution is -1.97. The quantitative estimate of drug-likeness (QED) is 0.253. The Bertz CT molecular complexity index is 1170. The van der Waals surface area contributed by atoms with E-state index in [1.807, 2.05) is 60.7 Å². The lowest BCUT2D eigenvalue weighted by atomic mass is 9.97. The summed E-state index contributed by atoms with van der Waals surface area (Å²) in [6.45, 7) is 2.85. The zero-order valence-electron chi connectivity index (χ0n) is 18.4. The first-order chi connectivity index (χ1) is 15.6. The predicted octanol–water partition coefficient (Wildman–Crippen LogP) is 7.99. The third-order valence-electron chi connectivity index (χ3n) is 5.79. The van der Waals surface area contributed by atoms with E-state index < -0.39 is 0 Å². The van der Waals surface area contributed by atoms with Crippen molar-refractivity contribution in [2.75, 3.05) is 6.61 Å². The molecule has 3 heteroatoms. The van der Waals surface area contributed by atoms with Crippen LogP contribution in [0, 0.1) is 5.82 Å². The van der Waals surface area contributed by atoms with E-state index in [0.717, 1.165) is 59.6 Å². The molecule has 0 aromatic heterocycles. The molecule has 0 saturated carbocycles. The Hall–Kier alpha value is -2.84. The van der Waals surface area contributed by atoms with Crippen LogP contribution in [0.2, 0.25) is 5.02 Å². The number of rotatable bonds is 9. The first-order valence-electron chi connectivity index (χ1n) is 11.3. The normalized spacial score (nSPS) is 11.1. The fraction of sp³-hybridized carbons (Fsp3) is 0.241. The fourth-order valence-corrected chi connectivity index (χ4v) is 4.05. The van der Waals surface area contributed by atoms with Gasteiger partial charge >= 0.3 is 0 Å². The molecule has 0 bridgehead atoms. The molecule has 1 nitrogen and oxygen atoms in total. The maximum absolute atomic E-state index is 15.1. The monoisotopic (exact) mass is 446 g/mol. The predicted molar refractivity (Wildman–Crippen MR) is 132 cm³/mol. The van der Waals surface area contributed by atoms with Crippen molar-refractivity contribution in [3.63, 3.8) is 0 Å². The van der Waals surface area contributed by atoms with Crippen molar-refractivity contribution in [3.8, 4) is 5.75 Å². The van der Waals surface area contributed by atoms with Crippen LogP contribution in [0.4, 0.5) is 4.39 Å². The maximum atomic E-state index is 15.1. The zero-order valence-corrected chi connectivity index (χ0v) is 19.2. The Labute approximate surface area is 194 Å². The smallest absolute Gasteiger partial charge is 0.134 e. The molecule has 0 aliphatic heterocycles. The number of halogens is 2. The van der Waals surface area contributed by atoms with Crippen LogP contribution in [-0.4, -0.2) is 6.61 Å². The van der Waals surface area contributed by atoms with Gasteiger partial charge in [-0.3, -0.25) is 0 Å². The Morgan fingerprint density at radius 1 is 0.719 bits per heavy atom. The van der Waals surface area contributed by atoms with E-state index in [1.54, 1.807) is 0 Å². The lowest BCUT2D eigenvalue weighted by Gasteiger charge is -2.10. The highest BCUT2D eigenvalue weighted by molar-refractivity contribution is 6.30. The van der Waals surface area contributed by atoms with Crippen LogP contribution >= 0.6 is 11.6 Å². The van der Waals surface area contributed by atoms with Crippen molar-refractivity contribution in [3.05, 3.63) is 112 Å². The van der Waals surface area contributed by atoms with Gasteiger partial charge in [0, 0.05) is 10.4 Å². The third-order valence-corrected chi connectivity index (χ3v) is 6.05. The summed E-state index contributed by atoms with van der Waals surface area (Å²) in [5, 5.41) is 2.37. The van der Waals surface area contributed by atoms with Gasteiger partial charge in [-0.05, 0) is 84.0 Å². The summed E-state index contributed by atoms with van der Waals surface area (Å²) >= 11 is 5.95. The van der Waals surface area contributed by atoms with Crippen molar-refractivity contribution in [2.45, 2.75) is 39.0 Å². The Morgan fingerprint density at radius 3 is 2.06 bits per heavy atom. The van der Waals surface area contributed by atoms with Gasteiger partial charge in [0.15, 0.2) is 0 Å². The van der Waals surface area contributed by atoms with Gasteiger partial charge in [-0.1, -0.05) is 73.1 Å². The van der Waals surface area contributed by atoms with Gasteiger partial charge in [0.1, 0.15) is 11.6 Å². The number of hydrogen-bond acceptors (Lipinski definition) is 1. The second-order valence-corrected chi connectivity index (χ2v) is 8.65. The van der Waals surface area contributed by atoms with Gasteiger partial charge in [-0.15, -0.1) is 0 Å². The Balaban J connectivity index is 1.40. The maximum Gasteiger partial charge on any atom is 0.134 e. The average molecular weight is 447 g/mol. The molecule has 0 saturated heterocycles. The van der Waals surface area contributed by atoms with E-state index in [2.05, 4.69) is 25.1 Å². The van der Waals surface area contributed by atoms with Gasteiger partial charge in [-0.2, -0.15) is 0 Å². The molecular formula is C29H28ClFO. The Morgan fingerprint density at radius 2 is 1.34 bits per heavy atom. The summed E-state index contributed by atoms with van der Waals surface area (Å²) in [5.41, 5.74) is 4.41. The first-order valence-corrected chi connectivity index (χ1v) is 11.7. The number of ether oxygens (including phenoxy) is 1. The van der Waals surface area contributed by atoms with E-state index in [-0.39, 0.29) is 5.82 Å². The topological polar surface area (TPSA) is 9.23 Å². The molecule has 0 aliphatic rings. The second-order valence-electron chi connectivity index (χ2n) is 8.21. The Kier molecular flexibility index (Phi) is 7.44. The van der Waals surface area contributed by atoms with Crippen molar-refractivity contribution in [1.82, 2.24) is 0 Å². The summed E-state index contributed by atoms with van der Waals surface area (Å²) in [7, 11) is 0. The van der Waals surface area contributed by atoms with Gasteiger partial charge in [0.2, 0.25) is 0 Å². The standard InChI is InChI=1S/C29H28ClFO/c1-2-19-32-27-16-8-21(9-17-27)3-4-23-10-18-28-25(20-23)13-12-24(29(28)31)11-5-22-6-14-26(30)15-7-22/h6-10,12-18,20H,2-5,11,19H2,1H3. The number of benzene rings is 4. The van der Waals surface area contributed by atoms with Gasteiger partial charge in [0.05, 0.1) is 6.61 Å².